The van der Waals surface area contributed by atoms with Crippen LogP contribution in [0.3, 0.4) is 0 Å². The molecule has 0 saturated heterocycles. The Labute approximate surface area is 149 Å². The lowest BCUT2D eigenvalue weighted by Gasteiger charge is -2.00. The van der Waals surface area contributed by atoms with Gasteiger partial charge in [-0.3, -0.25) is 0 Å². The van der Waals surface area contributed by atoms with Gasteiger partial charge in [0.1, 0.15) is 5.69 Å². The predicted molar refractivity (Wildman–Crippen MR) is 91.3 cm³/mol. The van der Waals surface area contributed by atoms with Crippen LogP contribution in [0.4, 0.5) is 11.4 Å². The molecule has 0 atom stereocenters. The van der Waals surface area contributed by atoms with E-state index in [-0.39, 0.29) is 11.6 Å². The Morgan fingerprint density at radius 3 is 2.46 bits per heavy atom. The summed E-state index contributed by atoms with van der Waals surface area (Å²) in [5, 5.41) is 31.2. The average Bonchev–Trinajstić information content (AvgIpc) is 2.87. The summed E-state index contributed by atoms with van der Waals surface area (Å²) in [5.41, 5.74) is 1.16. The van der Waals surface area contributed by atoms with Crippen LogP contribution in [-0.2, 0) is 9.37 Å². The van der Waals surface area contributed by atoms with Crippen molar-refractivity contribution in [3.05, 3.63) is 46.4 Å². The summed E-state index contributed by atoms with van der Waals surface area (Å²) in [6.07, 6.45) is 0. The largest absolute Gasteiger partial charge is 0.493 e. The number of halogens is 2. The number of fused-ring (bicyclic) bond motifs is 1. The highest BCUT2D eigenvalue weighted by Crippen LogP contribution is 2.40. The van der Waals surface area contributed by atoms with Gasteiger partial charge in [0.15, 0.2) is 5.69 Å². The summed E-state index contributed by atoms with van der Waals surface area (Å²) in [5.74, 6) is -0.154. The van der Waals surface area contributed by atoms with Crippen LogP contribution in [0, 0.1) is 0 Å². The minimum absolute atomic E-state index is 0.154. The first-order chi connectivity index (χ1) is 11.6. The van der Waals surface area contributed by atoms with Crippen molar-refractivity contribution in [2.45, 2.75) is 4.90 Å². The molecule has 0 bridgehead atoms. The van der Waals surface area contributed by atoms with Gasteiger partial charge < -0.3 is 10.1 Å². The van der Waals surface area contributed by atoms with Gasteiger partial charge in [0.2, 0.25) is 5.88 Å². The molecule has 0 aliphatic carbocycles. The van der Waals surface area contributed by atoms with E-state index in [0.717, 1.165) is 12.0 Å². The lowest BCUT2D eigenvalue weighted by Crippen LogP contribution is -1.78. The second-order valence-electron chi connectivity index (χ2n) is 4.53. The summed E-state index contributed by atoms with van der Waals surface area (Å²) in [7, 11) is 0. The molecular weight excluding hydrogens is 377 g/mol. The molecule has 3 aromatic rings. The van der Waals surface area contributed by atoms with Gasteiger partial charge >= 0.3 is 0 Å². The predicted octanol–water partition coefficient (Wildman–Crippen LogP) is 6.02. The maximum absolute atomic E-state index is 10.0. The standard InChI is InChI=1S/C14H9Cl2N3O4S/c15-9-2-1-3-10(16)13(9)19-18-12-8-6-7(24-23-22-21)4-5-11(8)17-14(12)20/h1-6,17,20-21H. The highest BCUT2D eigenvalue weighted by molar-refractivity contribution is 7.94. The third kappa shape index (κ3) is 3.48. The Balaban J connectivity index is 2.02. The second-order valence-corrected chi connectivity index (χ2v) is 6.11. The summed E-state index contributed by atoms with van der Waals surface area (Å²) in [4.78, 5) is 3.39. The van der Waals surface area contributed by atoms with Gasteiger partial charge in [-0.1, -0.05) is 34.3 Å². The quantitative estimate of drug-likeness (QED) is 0.215. The first-order valence-electron chi connectivity index (χ1n) is 6.45. The van der Waals surface area contributed by atoms with Crippen molar-refractivity contribution in [2.24, 2.45) is 10.2 Å². The minimum atomic E-state index is -0.154. The van der Waals surface area contributed by atoms with E-state index < -0.39 is 0 Å². The number of hydrogen-bond donors (Lipinski definition) is 3. The Kier molecular flexibility index (Phi) is 5.24. The molecule has 0 spiro atoms. The van der Waals surface area contributed by atoms with Crippen molar-refractivity contribution < 1.29 is 19.7 Å². The van der Waals surface area contributed by atoms with Crippen molar-refractivity contribution >= 4 is 57.5 Å². The smallest absolute Gasteiger partial charge is 0.218 e. The third-order valence-corrected chi connectivity index (χ3v) is 4.26. The second kappa shape index (κ2) is 7.39. The molecule has 0 aliphatic heterocycles. The van der Waals surface area contributed by atoms with Crippen LogP contribution in [0.25, 0.3) is 10.9 Å². The van der Waals surface area contributed by atoms with Crippen molar-refractivity contribution in [1.29, 1.82) is 0 Å². The van der Waals surface area contributed by atoms with Crippen molar-refractivity contribution in [2.75, 3.05) is 0 Å². The molecule has 24 heavy (non-hydrogen) atoms. The first kappa shape index (κ1) is 17.0. The van der Waals surface area contributed by atoms with Crippen molar-refractivity contribution in [3.63, 3.8) is 0 Å². The monoisotopic (exact) mass is 385 g/mol. The zero-order chi connectivity index (χ0) is 17.1. The van der Waals surface area contributed by atoms with Gasteiger partial charge in [-0.25, -0.2) is 5.26 Å². The SMILES string of the molecule is OOOSc1ccc2[nH]c(O)c(N=Nc3c(Cl)cccc3Cl)c2c1. The zero-order valence-electron chi connectivity index (χ0n) is 11.7. The number of rotatable bonds is 5. The minimum Gasteiger partial charge on any atom is -0.493 e. The van der Waals surface area contributed by atoms with E-state index in [9.17, 15) is 5.11 Å². The van der Waals surface area contributed by atoms with Crippen molar-refractivity contribution in [1.82, 2.24) is 4.98 Å². The number of hydrogen-bond acceptors (Lipinski definition) is 7. The fraction of sp³-hybridized carbons (Fsp3) is 0. The molecule has 2 aromatic carbocycles. The molecule has 0 unspecified atom stereocenters. The maximum Gasteiger partial charge on any atom is 0.218 e. The van der Waals surface area contributed by atoms with Gasteiger partial charge in [-0.15, -0.1) is 14.6 Å². The molecule has 1 aromatic heterocycles. The Bertz CT molecular complexity index is 896. The van der Waals surface area contributed by atoms with E-state index in [2.05, 4.69) is 24.6 Å². The number of nitrogens with zero attached hydrogens (tertiary/aromatic N) is 2. The first-order valence-corrected chi connectivity index (χ1v) is 7.95. The van der Waals surface area contributed by atoms with E-state index in [1.165, 1.54) is 0 Å². The number of aromatic hydroxyl groups is 1. The molecule has 10 heteroatoms. The van der Waals surface area contributed by atoms with E-state index >= 15 is 0 Å². The molecule has 3 N–H and O–H groups in total. The van der Waals surface area contributed by atoms with E-state index in [1.807, 2.05) is 0 Å². The number of azo groups is 1. The van der Waals surface area contributed by atoms with Gasteiger partial charge in [-0.05, 0) is 30.3 Å². The third-order valence-electron chi connectivity index (χ3n) is 3.07. The van der Waals surface area contributed by atoms with Gasteiger partial charge in [0, 0.05) is 10.3 Å². The zero-order valence-corrected chi connectivity index (χ0v) is 14.1. The molecule has 0 aliphatic rings. The normalized spacial score (nSPS) is 11.6. The molecule has 1 heterocycles. The maximum atomic E-state index is 10.0. The van der Waals surface area contributed by atoms with Gasteiger partial charge in [0.25, 0.3) is 0 Å². The number of benzene rings is 2. The lowest BCUT2D eigenvalue weighted by atomic mass is 10.2. The average molecular weight is 386 g/mol. The highest BCUT2D eigenvalue weighted by Gasteiger charge is 2.12. The lowest BCUT2D eigenvalue weighted by molar-refractivity contribution is -0.432. The van der Waals surface area contributed by atoms with Crippen LogP contribution in [0.15, 0.2) is 51.5 Å². The fourth-order valence-corrected chi connectivity index (χ4v) is 2.91. The van der Waals surface area contributed by atoms with E-state index in [1.54, 1.807) is 36.4 Å². The molecule has 0 amide bonds. The molecule has 7 nitrogen and oxygen atoms in total. The van der Waals surface area contributed by atoms with Crippen LogP contribution in [0.1, 0.15) is 0 Å². The van der Waals surface area contributed by atoms with Gasteiger partial charge in [0.05, 0.1) is 27.6 Å². The molecule has 0 radical (unpaired) electrons. The Morgan fingerprint density at radius 1 is 1.04 bits per heavy atom. The van der Waals surface area contributed by atoms with Crippen LogP contribution in [-0.4, -0.2) is 15.3 Å². The summed E-state index contributed by atoms with van der Waals surface area (Å²) in [6, 6.07) is 10.1. The van der Waals surface area contributed by atoms with Crippen molar-refractivity contribution in [3.8, 4) is 5.88 Å². The summed E-state index contributed by atoms with van der Waals surface area (Å²) in [6.45, 7) is 0. The van der Waals surface area contributed by atoms with Gasteiger partial charge in [-0.2, -0.15) is 0 Å². The number of H-pyrrole nitrogens is 1. The van der Waals surface area contributed by atoms with Crippen LogP contribution in [0.5, 0.6) is 5.88 Å². The number of aromatic nitrogens is 1. The Morgan fingerprint density at radius 2 is 1.75 bits per heavy atom. The van der Waals surface area contributed by atoms with Crippen LogP contribution in [0.2, 0.25) is 10.0 Å². The molecule has 0 saturated carbocycles. The van der Waals surface area contributed by atoms with Crippen LogP contribution < -0.4 is 0 Å². The number of aromatic amines is 1. The topological polar surface area (TPSA) is 99.4 Å². The van der Waals surface area contributed by atoms with E-state index in [0.29, 0.717) is 31.5 Å². The summed E-state index contributed by atoms with van der Waals surface area (Å²) >= 11 is 12.9. The molecular formula is C14H9Cl2N3O4S. The molecule has 124 valence electrons. The molecule has 3 rings (SSSR count). The molecule has 0 fully saturated rings. The fourth-order valence-electron chi connectivity index (χ4n) is 2.03. The van der Waals surface area contributed by atoms with Crippen LogP contribution >= 0.6 is 35.2 Å². The van der Waals surface area contributed by atoms with E-state index in [4.69, 9.17) is 28.5 Å². The number of nitrogens with one attached hydrogen (secondary N) is 1. The summed E-state index contributed by atoms with van der Waals surface area (Å²) < 4.78 is 4.39. The Hall–Kier alpha value is -1.81. The highest BCUT2D eigenvalue weighted by atomic mass is 35.5.